The highest BCUT2D eigenvalue weighted by molar-refractivity contribution is 6.05. The van der Waals surface area contributed by atoms with Crippen LogP contribution in [0.3, 0.4) is 0 Å². The van der Waals surface area contributed by atoms with Crippen LogP contribution in [0.15, 0.2) is 48.5 Å². The van der Waals surface area contributed by atoms with E-state index < -0.39 is 0 Å². The van der Waals surface area contributed by atoms with Crippen LogP contribution in [0.4, 0.5) is 5.69 Å². The molecule has 18 heavy (non-hydrogen) atoms. The number of phenolic OH excluding ortho intramolecular Hbond substituents is 1. The molecule has 2 aromatic carbocycles. The van der Waals surface area contributed by atoms with Gasteiger partial charge in [0.15, 0.2) is 0 Å². The van der Waals surface area contributed by atoms with E-state index in [0.29, 0.717) is 23.1 Å². The molecule has 0 saturated carbocycles. The average molecular weight is 241 g/mol. The fourth-order valence-corrected chi connectivity index (χ4v) is 1.50. The van der Waals surface area contributed by atoms with Crippen molar-refractivity contribution in [2.45, 2.75) is 0 Å². The van der Waals surface area contributed by atoms with Crippen molar-refractivity contribution in [2.24, 2.45) is 0 Å². The molecule has 1 amide bonds. The van der Waals surface area contributed by atoms with Gasteiger partial charge in [-0.3, -0.25) is 9.59 Å². The van der Waals surface area contributed by atoms with Gasteiger partial charge in [-0.25, -0.2) is 0 Å². The Bertz CT molecular complexity index is 576. The van der Waals surface area contributed by atoms with Crippen molar-refractivity contribution in [3.63, 3.8) is 0 Å². The van der Waals surface area contributed by atoms with Crippen LogP contribution in [0.1, 0.15) is 20.7 Å². The summed E-state index contributed by atoms with van der Waals surface area (Å²) in [5.74, 6) is -0.166. The molecule has 2 N–H and O–H groups in total. The van der Waals surface area contributed by atoms with Gasteiger partial charge >= 0.3 is 0 Å². The molecule has 0 aliphatic heterocycles. The molecule has 0 atom stereocenters. The molecule has 0 spiro atoms. The molecule has 0 fully saturated rings. The summed E-state index contributed by atoms with van der Waals surface area (Å²) in [7, 11) is 0. The standard InChI is InChI=1S/C14H11NO3/c16-9-10-2-1-3-11(8-10)14(18)15-12-4-6-13(17)7-5-12/h1-9,17H,(H,15,18). The summed E-state index contributed by atoms with van der Waals surface area (Å²) in [6, 6.07) is 12.6. The average Bonchev–Trinajstić information content (AvgIpc) is 2.41. The number of carbonyl (C=O) groups excluding carboxylic acids is 2. The lowest BCUT2D eigenvalue weighted by Crippen LogP contribution is -2.11. The Morgan fingerprint density at radius 3 is 2.50 bits per heavy atom. The number of phenols is 1. The largest absolute Gasteiger partial charge is 0.508 e. The van der Waals surface area contributed by atoms with Crippen LogP contribution in [-0.4, -0.2) is 17.3 Å². The molecule has 90 valence electrons. The molecule has 0 saturated heterocycles. The van der Waals surface area contributed by atoms with E-state index in [0.717, 1.165) is 0 Å². The number of anilines is 1. The molecule has 0 radical (unpaired) electrons. The Kier molecular flexibility index (Phi) is 3.38. The molecule has 0 aliphatic rings. The third-order valence-corrected chi connectivity index (χ3v) is 2.41. The van der Waals surface area contributed by atoms with Crippen LogP contribution in [0.5, 0.6) is 5.75 Å². The predicted molar refractivity (Wildman–Crippen MR) is 67.9 cm³/mol. The van der Waals surface area contributed by atoms with Crippen molar-refractivity contribution in [3.8, 4) is 5.75 Å². The first-order valence-corrected chi connectivity index (χ1v) is 5.34. The first-order valence-electron chi connectivity index (χ1n) is 5.34. The fourth-order valence-electron chi connectivity index (χ4n) is 1.50. The minimum Gasteiger partial charge on any atom is -0.508 e. The van der Waals surface area contributed by atoms with Crippen LogP contribution < -0.4 is 5.32 Å². The zero-order valence-electron chi connectivity index (χ0n) is 9.46. The summed E-state index contributed by atoms with van der Waals surface area (Å²) >= 11 is 0. The molecule has 2 rings (SSSR count). The third kappa shape index (κ3) is 2.74. The Balaban J connectivity index is 2.16. The summed E-state index contributed by atoms with van der Waals surface area (Å²) in [6.07, 6.45) is 0.692. The van der Waals surface area contributed by atoms with Gasteiger partial charge in [0, 0.05) is 16.8 Å². The highest BCUT2D eigenvalue weighted by atomic mass is 16.3. The van der Waals surface area contributed by atoms with E-state index in [1.54, 1.807) is 30.3 Å². The van der Waals surface area contributed by atoms with E-state index in [1.807, 2.05) is 0 Å². The third-order valence-electron chi connectivity index (χ3n) is 2.41. The summed E-state index contributed by atoms with van der Waals surface area (Å²) in [4.78, 5) is 22.5. The first kappa shape index (κ1) is 11.9. The summed E-state index contributed by atoms with van der Waals surface area (Å²) in [5.41, 5.74) is 1.44. The first-order chi connectivity index (χ1) is 8.69. The second-order valence-electron chi connectivity index (χ2n) is 3.74. The highest BCUT2D eigenvalue weighted by Gasteiger charge is 2.06. The SMILES string of the molecule is O=Cc1cccc(C(=O)Nc2ccc(O)cc2)c1. The monoisotopic (exact) mass is 241 g/mol. The van der Waals surface area contributed by atoms with Crippen LogP contribution in [0.2, 0.25) is 0 Å². The Morgan fingerprint density at radius 1 is 1.11 bits per heavy atom. The van der Waals surface area contributed by atoms with Crippen molar-refractivity contribution in [2.75, 3.05) is 5.32 Å². The van der Waals surface area contributed by atoms with Gasteiger partial charge < -0.3 is 10.4 Å². The van der Waals surface area contributed by atoms with Crippen LogP contribution in [0, 0.1) is 0 Å². The molecular weight excluding hydrogens is 230 g/mol. The van der Waals surface area contributed by atoms with E-state index in [4.69, 9.17) is 5.11 Å². The number of amides is 1. The topological polar surface area (TPSA) is 66.4 Å². The maximum absolute atomic E-state index is 11.9. The number of nitrogens with one attached hydrogen (secondary N) is 1. The van der Waals surface area contributed by atoms with Gasteiger partial charge in [-0.15, -0.1) is 0 Å². The second kappa shape index (κ2) is 5.14. The normalized spacial score (nSPS) is 9.78. The highest BCUT2D eigenvalue weighted by Crippen LogP contribution is 2.15. The molecule has 0 aromatic heterocycles. The van der Waals surface area contributed by atoms with Crippen molar-refractivity contribution in [1.82, 2.24) is 0 Å². The zero-order chi connectivity index (χ0) is 13.0. The van der Waals surface area contributed by atoms with Crippen LogP contribution in [-0.2, 0) is 0 Å². The van der Waals surface area contributed by atoms with Gasteiger partial charge in [0.2, 0.25) is 0 Å². The fraction of sp³-hybridized carbons (Fsp3) is 0. The number of hydrogen-bond donors (Lipinski definition) is 2. The molecule has 0 heterocycles. The van der Waals surface area contributed by atoms with Gasteiger partial charge in [-0.05, 0) is 36.4 Å². The number of aldehydes is 1. The summed E-state index contributed by atoms with van der Waals surface area (Å²) in [5, 5.41) is 11.8. The van der Waals surface area contributed by atoms with E-state index in [1.165, 1.54) is 18.2 Å². The lowest BCUT2D eigenvalue weighted by atomic mass is 10.1. The van der Waals surface area contributed by atoms with Gasteiger partial charge in [-0.2, -0.15) is 0 Å². The number of hydrogen-bond acceptors (Lipinski definition) is 3. The van der Waals surface area contributed by atoms with Crippen molar-refractivity contribution >= 4 is 17.9 Å². The van der Waals surface area contributed by atoms with Crippen molar-refractivity contribution < 1.29 is 14.7 Å². The Morgan fingerprint density at radius 2 is 1.83 bits per heavy atom. The van der Waals surface area contributed by atoms with Gasteiger partial charge in [0.1, 0.15) is 12.0 Å². The number of carbonyl (C=O) groups is 2. The van der Waals surface area contributed by atoms with E-state index in [9.17, 15) is 9.59 Å². The molecule has 4 heteroatoms. The number of rotatable bonds is 3. The van der Waals surface area contributed by atoms with E-state index >= 15 is 0 Å². The summed E-state index contributed by atoms with van der Waals surface area (Å²) in [6.45, 7) is 0. The maximum atomic E-state index is 11.9. The maximum Gasteiger partial charge on any atom is 0.255 e. The second-order valence-corrected chi connectivity index (χ2v) is 3.74. The number of benzene rings is 2. The van der Waals surface area contributed by atoms with E-state index in [2.05, 4.69) is 5.32 Å². The smallest absolute Gasteiger partial charge is 0.255 e. The lowest BCUT2D eigenvalue weighted by molar-refractivity contribution is 0.102. The Hall–Kier alpha value is -2.62. The quantitative estimate of drug-likeness (QED) is 0.640. The Labute approximate surface area is 104 Å². The van der Waals surface area contributed by atoms with Crippen molar-refractivity contribution in [3.05, 3.63) is 59.7 Å². The minimum absolute atomic E-state index is 0.135. The predicted octanol–water partition coefficient (Wildman–Crippen LogP) is 2.46. The molecule has 0 bridgehead atoms. The zero-order valence-corrected chi connectivity index (χ0v) is 9.46. The minimum atomic E-state index is -0.301. The molecular formula is C14H11NO3. The summed E-state index contributed by atoms with van der Waals surface area (Å²) < 4.78 is 0. The van der Waals surface area contributed by atoms with Gasteiger partial charge in [0.05, 0.1) is 0 Å². The van der Waals surface area contributed by atoms with Gasteiger partial charge in [-0.1, -0.05) is 12.1 Å². The molecule has 2 aromatic rings. The lowest BCUT2D eigenvalue weighted by Gasteiger charge is -2.05. The van der Waals surface area contributed by atoms with Crippen LogP contribution in [0.25, 0.3) is 0 Å². The number of aromatic hydroxyl groups is 1. The van der Waals surface area contributed by atoms with Gasteiger partial charge in [0.25, 0.3) is 5.91 Å². The molecule has 4 nitrogen and oxygen atoms in total. The van der Waals surface area contributed by atoms with Crippen LogP contribution >= 0.6 is 0 Å². The van der Waals surface area contributed by atoms with E-state index in [-0.39, 0.29) is 11.7 Å². The van der Waals surface area contributed by atoms with Crippen molar-refractivity contribution in [1.29, 1.82) is 0 Å². The molecule has 0 aliphatic carbocycles. The molecule has 0 unspecified atom stereocenters.